The van der Waals surface area contributed by atoms with Crippen molar-refractivity contribution in [1.29, 1.82) is 0 Å². The van der Waals surface area contributed by atoms with Crippen LogP contribution in [0.1, 0.15) is 32.9 Å². The molecule has 0 radical (unpaired) electrons. The quantitative estimate of drug-likeness (QED) is 0.651. The lowest BCUT2D eigenvalue weighted by molar-refractivity contribution is 0.0957. The molecule has 4 rings (SSSR count). The molecule has 0 saturated heterocycles. The summed E-state index contributed by atoms with van der Waals surface area (Å²) in [6, 6.07) is 13.7. The van der Waals surface area contributed by atoms with E-state index in [1.807, 2.05) is 0 Å². The Morgan fingerprint density at radius 2 is 1.83 bits per heavy atom. The Labute approximate surface area is 173 Å². The molecule has 2 amide bonds. The van der Waals surface area contributed by atoms with Crippen molar-refractivity contribution in [2.45, 2.75) is 17.7 Å². The van der Waals surface area contributed by atoms with E-state index >= 15 is 0 Å². The summed E-state index contributed by atoms with van der Waals surface area (Å²) in [5.41, 5.74) is 7.40. The number of anilines is 2. The van der Waals surface area contributed by atoms with Crippen LogP contribution in [0.4, 0.5) is 11.4 Å². The number of fused-ring (bicyclic) bond motifs is 1. The maximum atomic E-state index is 12.7. The molecule has 0 atom stereocenters. The van der Waals surface area contributed by atoms with Crippen LogP contribution in [-0.4, -0.2) is 26.8 Å². The van der Waals surface area contributed by atoms with Crippen LogP contribution in [0.3, 0.4) is 0 Å². The van der Waals surface area contributed by atoms with Crippen LogP contribution in [-0.2, 0) is 16.4 Å². The van der Waals surface area contributed by atoms with Crippen molar-refractivity contribution < 1.29 is 22.4 Å². The molecular formula is C21H19N3O5S. The summed E-state index contributed by atoms with van der Waals surface area (Å²) >= 11 is 0. The largest absolute Gasteiger partial charge is 0.459 e. The van der Waals surface area contributed by atoms with Crippen LogP contribution in [0.5, 0.6) is 0 Å². The first-order valence-electron chi connectivity index (χ1n) is 9.26. The minimum absolute atomic E-state index is 0.0137. The zero-order chi connectivity index (χ0) is 21.3. The average Bonchev–Trinajstić information content (AvgIpc) is 3.27. The van der Waals surface area contributed by atoms with Gasteiger partial charge in [0.15, 0.2) is 5.76 Å². The van der Waals surface area contributed by atoms with Crippen LogP contribution >= 0.6 is 0 Å². The molecule has 154 valence electrons. The maximum absolute atomic E-state index is 12.7. The summed E-state index contributed by atoms with van der Waals surface area (Å²) in [7, 11) is -3.85. The number of hydrogen-bond donors (Lipinski definition) is 2. The second-order valence-electron chi connectivity index (χ2n) is 6.88. The van der Waals surface area contributed by atoms with Gasteiger partial charge in [-0.1, -0.05) is 0 Å². The fraction of sp³-hybridized carbons (Fsp3) is 0.143. The van der Waals surface area contributed by atoms with Crippen LogP contribution in [0.25, 0.3) is 0 Å². The van der Waals surface area contributed by atoms with E-state index in [2.05, 4.69) is 4.72 Å². The molecule has 0 saturated carbocycles. The van der Waals surface area contributed by atoms with E-state index in [1.54, 1.807) is 35.2 Å². The first kappa shape index (κ1) is 19.7. The number of carbonyl (C=O) groups is 2. The third kappa shape index (κ3) is 3.79. The molecular weight excluding hydrogens is 406 g/mol. The van der Waals surface area contributed by atoms with Crippen LogP contribution in [0.15, 0.2) is 70.2 Å². The fourth-order valence-corrected chi connectivity index (χ4v) is 4.47. The molecule has 9 heteroatoms. The monoisotopic (exact) mass is 425 g/mol. The Morgan fingerprint density at radius 3 is 2.50 bits per heavy atom. The van der Waals surface area contributed by atoms with Gasteiger partial charge < -0.3 is 15.1 Å². The summed E-state index contributed by atoms with van der Waals surface area (Å²) in [5.74, 6) is -0.605. The molecule has 0 fully saturated rings. The number of nitrogens with two attached hydrogens (primary N) is 1. The molecule has 0 spiro atoms. The van der Waals surface area contributed by atoms with Crippen molar-refractivity contribution in [3.05, 3.63) is 77.7 Å². The summed E-state index contributed by atoms with van der Waals surface area (Å²) in [6.07, 6.45) is 2.93. The Hall–Kier alpha value is -3.59. The maximum Gasteiger partial charge on any atom is 0.293 e. The Balaban J connectivity index is 1.58. The third-order valence-electron chi connectivity index (χ3n) is 4.88. The second-order valence-corrected chi connectivity index (χ2v) is 8.56. The average molecular weight is 425 g/mol. The van der Waals surface area contributed by atoms with E-state index in [0.717, 1.165) is 24.1 Å². The fourth-order valence-electron chi connectivity index (χ4n) is 3.42. The van der Waals surface area contributed by atoms with Crippen molar-refractivity contribution in [2.24, 2.45) is 5.73 Å². The number of carbonyl (C=O) groups excluding carboxylic acids is 2. The molecule has 8 nitrogen and oxygen atoms in total. The predicted molar refractivity (Wildman–Crippen MR) is 111 cm³/mol. The van der Waals surface area contributed by atoms with E-state index in [1.165, 1.54) is 30.5 Å². The lowest BCUT2D eigenvalue weighted by Crippen LogP contribution is -2.35. The lowest BCUT2D eigenvalue weighted by Gasteiger charge is -2.29. The number of benzene rings is 2. The lowest BCUT2D eigenvalue weighted by atomic mass is 10.0. The molecule has 1 aliphatic rings. The molecule has 2 aromatic carbocycles. The summed E-state index contributed by atoms with van der Waals surface area (Å²) in [5, 5.41) is 0. The SMILES string of the molecule is NC(=O)c1ccc(S(=O)(=O)Nc2ccc3c(c2)CCCN3C(=O)c2ccco2)cc1. The van der Waals surface area contributed by atoms with Crippen molar-refractivity contribution in [2.75, 3.05) is 16.2 Å². The number of primary amides is 1. The van der Waals surface area contributed by atoms with E-state index in [4.69, 9.17) is 10.2 Å². The van der Waals surface area contributed by atoms with Gasteiger partial charge in [0.2, 0.25) is 5.91 Å². The van der Waals surface area contributed by atoms with E-state index in [-0.39, 0.29) is 22.1 Å². The standard InChI is InChI=1S/C21H19N3O5S/c22-20(25)14-5-8-17(9-6-14)30(27,28)23-16-7-10-18-15(13-16)3-1-11-24(18)21(26)19-4-2-12-29-19/h2,4-10,12-13,23H,1,3,11H2,(H2,22,25). The topological polar surface area (TPSA) is 123 Å². The molecule has 3 N–H and O–H groups in total. The summed E-state index contributed by atoms with van der Waals surface area (Å²) < 4.78 is 33.1. The molecule has 2 heterocycles. The molecule has 1 aliphatic heterocycles. The number of nitrogens with one attached hydrogen (secondary N) is 1. The normalized spacial score (nSPS) is 13.5. The number of rotatable bonds is 5. The highest BCUT2D eigenvalue weighted by Gasteiger charge is 2.26. The molecule has 1 aromatic heterocycles. The highest BCUT2D eigenvalue weighted by molar-refractivity contribution is 7.92. The molecule has 3 aromatic rings. The molecule has 0 aliphatic carbocycles. The number of furan rings is 1. The summed E-state index contributed by atoms with van der Waals surface area (Å²) in [4.78, 5) is 25.5. The van der Waals surface area contributed by atoms with Gasteiger partial charge in [-0.25, -0.2) is 8.42 Å². The van der Waals surface area contributed by atoms with Crippen molar-refractivity contribution >= 4 is 33.2 Å². The van der Waals surface area contributed by atoms with Crippen LogP contribution < -0.4 is 15.4 Å². The summed E-state index contributed by atoms with van der Waals surface area (Å²) in [6.45, 7) is 0.559. The van der Waals surface area contributed by atoms with Crippen LogP contribution in [0, 0.1) is 0 Å². The molecule has 0 unspecified atom stereocenters. The number of aryl methyl sites for hydroxylation is 1. The zero-order valence-corrected chi connectivity index (χ0v) is 16.7. The van der Waals surface area contributed by atoms with E-state index < -0.39 is 15.9 Å². The zero-order valence-electron chi connectivity index (χ0n) is 15.9. The third-order valence-corrected chi connectivity index (χ3v) is 6.27. The van der Waals surface area contributed by atoms with Gasteiger partial charge in [0, 0.05) is 23.5 Å². The minimum Gasteiger partial charge on any atom is -0.459 e. The van der Waals surface area contributed by atoms with Gasteiger partial charge in [0.25, 0.3) is 15.9 Å². The first-order valence-corrected chi connectivity index (χ1v) is 10.7. The Bertz CT molecular complexity index is 1200. The second kappa shape index (κ2) is 7.68. The van der Waals surface area contributed by atoms with Crippen molar-refractivity contribution in [3.63, 3.8) is 0 Å². The smallest absolute Gasteiger partial charge is 0.293 e. The van der Waals surface area contributed by atoms with Crippen molar-refractivity contribution in [1.82, 2.24) is 0 Å². The first-order chi connectivity index (χ1) is 14.3. The van der Waals surface area contributed by atoms with Gasteiger partial charge in [0.05, 0.1) is 11.2 Å². The highest BCUT2D eigenvalue weighted by Crippen LogP contribution is 2.31. The highest BCUT2D eigenvalue weighted by atomic mass is 32.2. The van der Waals surface area contributed by atoms with Crippen molar-refractivity contribution in [3.8, 4) is 0 Å². The van der Waals surface area contributed by atoms with E-state index in [0.29, 0.717) is 12.2 Å². The number of hydrogen-bond acceptors (Lipinski definition) is 5. The molecule has 0 bridgehead atoms. The Morgan fingerprint density at radius 1 is 1.07 bits per heavy atom. The predicted octanol–water partition coefficient (Wildman–Crippen LogP) is 2.77. The van der Waals surface area contributed by atoms with Gasteiger partial charge in [-0.2, -0.15) is 0 Å². The number of amides is 2. The van der Waals surface area contributed by atoms with Gasteiger partial charge in [0.1, 0.15) is 0 Å². The Kier molecular flexibility index (Phi) is 5.04. The van der Waals surface area contributed by atoms with Gasteiger partial charge >= 0.3 is 0 Å². The minimum atomic E-state index is -3.85. The van der Waals surface area contributed by atoms with Gasteiger partial charge in [-0.3, -0.25) is 14.3 Å². The number of nitrogens with zero attached hydrogens (tertiary/aromatic N) is 1. The van der Waals surface area contributed by atoms with Crippen LogP contribution in [0.2, 0.25) is 0 Å². The van der Waals surface area contributed by atoms with Gasteiger partial charge in [-0.15, -0.1) is 0 Å². The molecule has 30 heavy (non-hydrogen) atoms. The van der Waals surface area contributed by atoms with Gasteiger partial charge in [-0.05, 0) is 73.0 Å². The number of sulfonamides is 1. The van der Waals surface area contributed by atoms with E-state index in [9.17, 15) is 18.0 Å².